The minimum Gasteiger partial charge on any atom is -0.337 e. The molecule has 2 heterocycles. The van der Waals surface area contributed by atoms with Gasteiger partial charge in [0.2, 0.25) is 0 Å². The molecule has 0 aliphatic heterocycles. The van der Waals surface area contributed by atoms with E-state index in [1.165, 1.54) is 17.8 Å². The number of hydrogen-bond donors (Lipinski definition) is 1. The number of sulfone groups is 1. The maximum atomic E-state index is 11.8. The van der Waals surface area contributed by atoms with Gasteiger partial charge < -0.3 is 4.98 Å². The first-order valence-electron chi connectivity index (χ1n) is 6.01. The lowest BCUT2D eigenvalue weighted by Gasteiger charge is -1.97. The average molecular weight is 308 g/mol. The summed E-state index contributed by atoms with van der Waals surface area (Å²) in [6.45, 7) is 1.99. The zero-order valence-electron chi connectivity index (χ0n) is 10.9. The Hall–Kier alpha value is -1.80. The Labute approximate surface area is 120 Å². The summed E-state index contributed by atoms with van der Waals surface area (Å²) in [6, 6.07) is 5.07. The summed E-state index contributed by atoms with van der Waals surface area (Å²) in [7, 11) is -3.31. The fourth-order valence-electron chi connectivity index (χ4n) is 2.03. The van der Waals surface area contributed by atoms with E-state index in [1.54, 1.807) is 18.2 Å². The van der Waals surface area contributed by atoms with Gasteiger partial charge in [-0.1, -0.05) is 17.5 Å². The Morgan fingerprint density at radius 1 is 1.35 bits per heavy atom. The molecule has 0 saturated heterocycles. The predicted molar refractivity (Wildman–Crippen MR) is 77.5 cm³/mol. The summed E-state index contributed by atoms with van der Waals surface area (Å²) in [5.74, 6) is 0.614. The van der Waals surface area contributed by atoms with Crippen LogP contribution in [0.5, 0.6) is 0 Å². The Morgan fingerprint density at radius 3 is 2.85 bits per heavy atom. The standard InChI is InChI=1S/C12H12N4O2S2/c1-3-7-11(19-16-15-7)12-13-8-5-4-6-9(10(8)14-12)20(2,17)18/h4-6H,3H2,1-2H3,(H,13,14). The molecular weight excluding hydrogens is 296 g/mol. The second-order valence-corrected chi connectivity index (χ2v) is 7.15. The summed E-state index contributed by atoms with van der Waals surface area (Å²) >= 11 is 1.25. The number of aryl methyl sites for hydroxylation is 1. The molecule has 8 heteroatoms. The SMILES string of the molecule is CCc1nnsc1-c1nc2c(S(C)(=O)=O)cccc2[nH]1. The summed E-state index contributed by atoms with van der Waals surface area (Å²) in [5, 5.41) is 4.04. The predicted octanol–water partition coefficient (Wildman–Crippen LogP) is 2.05. The van der Waals surface area contributed by atoms with E-state index in [0.29, 0.717) is 16.9 Å². The van der Waals surface area contributed by atoms with Gasteiger partial charge in [0, 0.05) is 6.26 Å². The fourth-order valence-corrected chi connectivity index (χ4v) is 3.56. The van der Waals surface area contributed by atoms with Crippen molar-refractivity contribution in [1.82, 2.24) is 19.6 Å². The minimum absolute atomic E-state index is 0.230. The largest absolute Gasteiger partial charge is 0.337 e. The van der Waals surface area contributed by atoms with Crippen molar-refractivity contribution in [3.63, 3.8) is 0 Å². The number of nitrogens with one attached hydrogen (secondary N) is 1. The summed E-state index contributed by atoms with van der Waals surface area (Å²) in [6.07, 6.45) is 1.93. The second kappa shape index (κ2) is 4.64. The molecule has 0 atom stereocenters. The zero-order valence-corrected chi connectivity index (χ0v) is 12.5. The second-order valence-electron chi connectivity index (χ2n) is 4.41. The molecule has 0 fully saturated rings. The van der Waals surface area contributed by atoms with E-state index in [4.69, 9.17) is 0 Å². The molecule has 20 heavy (non-hydrogen) atoms. The fraction of sp³-hybridized carbons (Fsp3) is 0.250. The monoisotopic (exact) mass is 308 g/mol. The van der Waals surface area contributed by atoms with E-state index < -0.39 is 9.84 Å². The Morgan fingerprint density at radius 2 is 2.15 bits per heavy atom. The molecule has 0 spiro atoms. The van der Waals surface area contributed by atoms with Crippen LogP contribution >= 0.6 is 11.5 Å². The number of rotatable bonds is 3. The van der Waals surface area contributed by atoms with Crippen molar-refractivity contribution in [3.8, 4) is 10.7 Å². The number of aromatic amines is 1. The first kappa shape index (κ1) is 13.2. The van der Waals surface area contributed by atoms with Crippen molar-refractivity contribution in [3.05, 3.63) is 23.9 Å². The molecular formula is C12H12N4O2S2. The molecule has 0 saturated carbocycles. The molecule has 3 aromatic rings. The quantitative estimate of drug-likeness (QED) is 0.800. The van der Waals surface area contributed by atoms with Crippen LogP contribution in [0.4, 0.5) is 0 Å². The average Bonchev–Trinajstić information content (AvgIpc) is 3.02. The van der Waals surface area contributed by atoms with Gasteiger partial charge in [-0.15, -0.1) is 5.10 Å². The number of nitrogens with zero attached hydrogens (tertiary/aromatic N) is 3. The van der Waals surface area contributed by atoms with Gasteiger partial charge in [0.25, 0.3) is 0 Å². The lowest BCUT2D eigenvalue weighted by atomic mass is 10.3. The number of hydrogen-bond acceptors (Lipinski definition) is 6. The molecule has 0 bridgehead atoms. The van der Waals surface area contributed by atoms with Crippen molar-refractivity contribution in [2.75, 3.05) is 6.26 Å². The van der Waals surface area contributed by atoms with Crippen molar-refractivity contribution in [2.24, 2.45) is 0 Å². The van der Waals surface area contributed by atoms with Crippen LogP contribution in [-0.2, 0) is 16.3 Å². The van der Waals surface area contributed by atoms with Gasteiger partial charge in [-0.3, -0.25) is 0 Å². The van der Waals surface area contributed by atoms with Gasteiger partial charge in [-0.2, -0.15) is 0 Å². The van der Waals surface area contributed by atoms with E-state index >= 15 is 0 Å². The van der Waals surface area contributed by atoms with Gasteiger partial charge in [0.05, 0.1) is 16.1 Å². The van der Waals surface area contributed by atoms with E-state index in [0.717, 1.165) is 17.0 Å². The van der Waals surface area contributed by atoms with Crippen LogP contribution < -0.4 is 0 Å². The highest BCUT2D eigenvalue weighted by molar-refractivity contribution is 7.91. The van der Waals surface area contributed by atoms with Gasteiger partial charge in [0.15, 0.2) is 15.7 Å². The molecule has 0 aliphatic rings. The van der Waals surface area contributed by atoms with Crippen molar-refractivity contribution in [2.45, 2.75) is 18.2 Å². The minimum atomic E-state index is -3.31. The van der Waals surface area contributed by atoms with E-state index in [2.05, 4.69) is 19.6 Å². The third-order valence-electron chi connectivity index (χ3n) is 2.98. The van der Waals surface area contributed by atoms with Gasteiger partial charge in [-0.05, 0) is 30.1 Å². The highest BCUT2D eigenvalue weighted by Crippen LogP contribution is 2.28. The van der Waals surface area contributed by atoms with Crippen LogP contribution in [0.15, 0.2) is 23.1 Å². The van der Waals surface area contributed by atoms with Crippen LogP contribution in [0.3, 0.4) is 0 Å². The van der Waals surface area contributed by atoms with Crippen molar-refractivity contribution in [1.29, 1.82) is 0 Å². The van der Waals surface area contributed by atoms with Crippen LogP contribution in [0, 0.1) is 0 Å². The molecule has 0 amide bonds. The molecule has 3 rings (SSSR count). The molecule has 1 N–H and O–H groups in total. The molecule has 6 nitrogen and oxygen atoms in total. The third kappa shape index (κ3) is 2.10. The van der Waals surface area contributed by atoms with Gasteiger partial charge >= 0.3 is 0 Å². The number of H-pyrrole nitrogens is 1. The molecule has 2 aromatic heterocycles. The lowest BCUT2D eigenvalue weighted by Crippen LogP contribution is -1.97. The van der Waals surface area contributed by atoms with E-state index in [1.807, 2.05) is 6.92 Å². The highest BCUT2D eigenvalue weighted by atomic mass is 32.2. The van der Waals surface area contributed by atoms with Crippen LogP contribution in [0.1, 0.15) is 12.6 Å². The molecule has 1 aromatic carbocycles. The maximum Gasteiger partial charge on any atom is 0.177 e. The number of para-hydroxylation sites is 1. The van der Waals surface area contributed by atoms with Crippen LogP contribution in [-0.4, -0.2) is 34.2 Å². The first-order chi connectivity index (χ1) is 9.50. The smallest absolute Gasteiger partial charge is 0.177 e. The number of benzene rings is 1. The van der Waals surface area contributed by atoms with Gasteiger partial charge in [-0.25, -0.2) is 13.4 Å². The third-order valence-corrected chi connectivity index (χ3v) is 4.88. The first-order valence-corrected chi connectivity index (χ1v) is 8.67. The lowest BCUT2D eigenvalue weighted by molar-refractivity contribution is 0.602. The highest BCUT2D eigenvalue weighted by Gasteiger charge is 2.18. The summed E-state index contributed by atoms with van der Waals surface area (Å²) < 4.78 is 27.5. The van der Waals surface area contributed by atoms with Crippen molar-refractivity contribution >= 4 is 32.4 Å². The summed E-state index contributed by atoms with van der Waals surface area (Å²) in [5.41, 5.74) is 2.01. The summed E-state index contributed by atoms with van der Waals surface area (Å²) in [4.78, 5) is 8.65. The topological polar surface area (TPSA) is 88.6 Å². The van der Waals surface area contributed by atoms with Gasteiger partial charge in [0.1, 0.15) is 10.4 Å². The molecule has 0 aliphatic carbocycles. The maximum absolute atomic E-state index is 11.8. The number of imidazole rings is 1. The molecule has 0 radical (unpaired) electrons. The normalized spacial score (nSPS) is 12.1. The molecule has 104 valence electrons. The van der Waals surface area contributed by atoms with E-state index in [9.17, 15) is 8.42 Å². The zero-order chi connectivity index (χ0) is 14.3. The van der Waals surface area contributed by atoms with Crippen molar-refractivity contribution < 1.29 is 8.42 Å². The Bertz CT molecular complexity index is 880. The van der Waals surface area contributed by atoms with E-state index in [-0.39, 0.29) is 4.90 Å². The molecule has 0 unspecified atom stereocenters. The van der Waals surface area contributed by atoms with Crippen LogP contribution in [0.25, 0.3) is 21.7 Å². The number of fused-ring (bicyclic) bond motifs is 1. The Balaban J connectivity index is 2.27. The van der Waals surface area contributed by atoms with Crippen LogP contribution in [0.2, 0.25) is 0 Å². The number of aromatic nitrogens is 4. The Kier molecular flexibility index (Phi) is 3.06.